The highest BCUT2D eigenvalue weighted by atomic mass is 32.2. The van der Waals surface area contributed by atoms with E-state index in [0.717, 1.165) is 48.2 Å². The van der Waals surface area contributed by atoms with Crippen molar-refractivity contribution in [1.82, 2.24) is 14.5 Å². The minimum atomic E-state index is -3.35. The molecular formula is C25H26N4O2S. The average Bonchev–Trinajstić information content (AvgIpc) is 3.09. The topological polar surface area (TPSA) is 90.9 Å². The molecular weight excluding hydrogens is 420 g/mol. The van der Waals surface area contributed by atoms with E-state index in [1.807, 2.05) is 29.7 Å². The van der Waals surface area contributed by atoms with Gasteiger partial charge in [-0.15, -0.1) is 0 Å². The zero-order chi connectivity index (χ0) is 22.5. The van der Waals surface area contributed by atoms with Crippen LogP contribution in [0, 0.1) is 6.92 Å². The Labute approximate surface area is 188 Å². The first-order valence-electron chi connectivity index (χ1n) is 10.8. The lowest BCUT2D eigenvalue weighted by Crippen LogP contribution is -2.19. The van der Waals surface area contributed by atoms with Gasteiger partial charge in [0, 0.05) is 22.9 Å². The monoisotopic (exact) mass is 446 g/mol. The average molecular weight is 447 g/mol. The molecule has 2 heterocycles. The van der Waals surface area contributed by atoms with Crippen LogP contribution in [-0.2, 0) is 22.7 Å². The molecule has 0 fully saturated rings. The third-order valence-electron chi connectivity index (χ3n) is 6.33. The van der Waals surface area contributed by atoms with Crippen molar-refractivity contribution < 1.29 is 8.42 Å². The second kappa shape index (κ2) is 7.74. The Balaban J connectivity index is 1.62. The standard InChI is InChI=1S/C25H26N4O2S/c1-16-14-19-21(12-7-13-22(19)32(2,30)31)29(16)25-27-20-11-6-10-18(23(20)24(26)28-25)15-17-8-4-3-5-9-17/h3-5,7-9,12-14,18H,6,10-11,15H2,1-2H3,(H2,26,27,28). The van der Waals surface area contributed by atoms with Crippen LogP contribution in [0.4, 0.5) is 5.82 Å². The van der Waals surface area contributed by atoms with Gasteiger partial charge in [-0.2, -0.15) is 4.98 Å². The van der Waals surface area contributed by atoms with Crippen molar-refractivity contribution >= 4 is 26.6 Å². The molecule has 164 valence electrons. The first-order chi connectivity index (χ1) is 15.3. The maximum Gasteiger partial charge on any atom is 0.236 e. The van der Waals surface area contributed by atoms with E-state index in [4.69, 9.17) is 15.7 Å². The Hall–Kier alpha value is -3.19. The first-order valence-corrected chi connectivity index (χ1v) is 12.7. The van der Waals surface area contributed by atoms with Crippen LogP contribution in [0.15, 0.2) is 59.5 Å². The number of rotatable bonds is 4. The van der Waals surface area contributed by atoms with Crippen LogP contribution in [-0.4, -0.2) is 29.2 Å². The van der Waals surface area contributed by atoms with Crippen molar-refractivity contribution in [2.75, 3.05) is 12.0 Å². The molecule has 1 aliphatic rings. The number of sulfone groups is 1. The third kappa shape index (κ3) is 3.56. The zero-order valence-corrected chi connectivity index (χ0v) is 19.1. The summed E-state index contributed by atoms with van der Waals surface area (Å²) in [6.07, 6.45) is 5.15. The number of fused-ring (bicyclic) bond motifs is 2. The van der Waals surface area contributed by atoms with E-state index in [1.165, 1.54) is 11.8 Å². The highest BCUT2D eigenvalue weighted by Gasteiger charge is 2.27. The van der Waals surface area contributed by atoms with Gasteiger partial charge in [-0.05, 0) is 62.3 Å². The number of anilines is 1. The zero-order valence-electron chi connectivity index (χ0n) is 18.2. The molecule has 6 nitrogen and oxygen atoms in total. The Kier molecular flexibility index (Phi) is 5.01. The number of hydrogen-bond donors (Lipinski definition) is 1. The fraction of sp³-hybridized carbons (Fsp3) is 0.280. The lowest BCUT2D eigenvalue weighted by molar-refractivity contribution is 0.539. The first kappa shape index (κ1) is 20.7. The van der Waals surface area contributed by atoms with Gasteiger partial charge in [0.2, 0.25) is 5.95 Å². The van der Waals surface area contributed by atoms with Crippen molar-refractivity contribution in [1.29, 1.82) is 0 Å². The van der Waals surface area contributed by atoms with Crippen LogP contribution in [0.1, 0.15) is 41.3 Å². The van der Waals surface area contributed by atoms with Gasteiger partial charge in [-0.25, -0.2) is 13.4 Å². The number of nitrogens with zero attached hydrogens (tertiary/aromatic N) is 3. The second-order valence-electron chi connectivity index (χ2n) is 8.63. The Bertz CT molecular complexity index is 1430. The van der Waals surface area contributed by atoms with E-state index in [9.17, 15) is 8.42 Å². The number of nitrogen functional groups attached to an aromatic ring is 1. The van der Waals surface area contributed by atoms with Gasteiger partial charge >= 0.3 is 0 Å². The quantitative estimate of drug-likeness (QED) is 0.502. The lowest BCUT2D eigenvalue weighted by atomic mass is 9.82. The number of aromatic nitrogens is 3. The molecule has 0 aliphatic heterocycles. The van der Waals surface area contributed by atoms with Crippen molar-refractivity contribution in [3.8, 4) is 5.95 Å². The molecule has 2 aromatic heterocycles. The summed E-state index contributed by atoms with van der Waals surface area (Å²) in [6.45, 7) is 1.93. The molecule has 4 aromatic rings. The molecule has 1 unspecified atom stereocenters. The van der Waals surface area contributed by atoms with Gasteiger partial charge in [0.15, 0.2) is 9.84 Å². The van der Waals surface area contributed by atoms with Crippen LogP contribution in [0.2, 0.25) is 0 Å². The fourth-order valence-electron chi connectivity index (χ4n) is 4.94. The fourth-order valence-corrected chi connectivity index (χ4v) is 5.83. The number of hydrogen-bond acceptors (Lipinski definition) is 5. The summed E-state index contributed by atoms with van der Waals surface area (Å²) in [5, 5.41) is 0.675. The number of aryl methyl sites for hydroxylation is 2. The van der Waals surface area contributed by atoms with E-state index < -0.39 is 9.84 Å². The van der Waals surface area contributed by atoms with Crippen LogP contribution in [0.25, 0.3) is 16.9 Å². The van der Waals surface area contributed by atoms with E-state index in [2.05, 4.69) is 24.3 Å². The summed E-state index contributed by atoms with van der Waals surface area (Å²) in [6, 6.07) is 17.6. The summed E-state index contributed by atoms with van der Waals surface area (Å²) in [5.74, 6) is 1.32. The summed E-state index contributed by atoms with van der Waals surface area (Å²) < 4.78 is 26.5. The van der Waals surface area contributed by atoms with Gasteiger partial charge < -0.3 is 5.73 Å². The summed E-state index contributed by atoms with van der Waals surface area (Å²) in [4.78, 5) is 9.95. The van der Waals surface area contributed by atoms with E-state index in [0.29, 0.717) is 28.0 Å². The van der Waals surface area contributed by atoms with E-state index in [-0.39, 0.29) is 0 Å². The molecule has 1 atom stereocenters. The maximum absolute atomic E-state index is 12.3. The van der Waals surface area contributed by atoms with Crippen LogP contribution in [0.5, 0.6) is 0 Å². The highest BCUT2D eigenvalue weighted by molar-refractivity contribution is 7.91. The largest absolute Gasteiger partial charge is 0.383 e. The smallest absolute Gasteiger partial charge is 0.236 e. The maximum atomic E-state index is 12.3. The van der Waals surface area contributed by atoms with Crippen molar-refractivity contribution in [3.05, 3.63) is 77.1 Å². The molecule has 0 saturated carbocycles. The number of nitrogens with two attached hydrogens (primary N) is 1. The van der Waals surface area contributed by atoms with Gasteiger partial charge in [0.25, 0.3) is 0 Å². The lowest BCUT2D eigenvalue weighted by Gasteiger charge is -2.26. The van der Waals surface area contributed by atoms with Crippen LogP contribution in [0.3, 0.4) is 0 Å². The molecule has 2 aromatic carbocycles. The van der Waals surface area contributed by atoms with Gasteiger partial charge in [0.1, 0.15) is 5.82 Å². The molecule has 0 bridgehead atoms. The predicted octanol–water partition coefficient (Wildman–Crippen LogP) is 4.38. The van der Waals surface area contributed by atoms with Crippen LogP contribution < -0.4 is 5.73 Å². The molecule has 0 radical (unpaired) electrons. The molecule has 0 amide bonds. The second-order valence-corrected chi connectivity index (χ2v) is 10.6. The highest BCUT2D eigenvalue weighted by Crippen LogP contribution is 2.37. The van der Waals surface area contributed by atoms with Crippen LogP contribution >= 0.6 is 0 Å². The minimum absolute atomic E-state index is 0.301. The summed E-state index contributed by atoms with van der Waals surface area (Å²) in [5.41, 5.74) is 11.5. The van der Waals surface area contributed by atoms with Gasteiger partial charge in [0.05, 0.1) is 16.1 Å². The molecule has 5 rings (SSSR count). The SMILES string of the molecule is Cc1cc2c(S(C)(=O)=O)cccc2n1-c1nc(N)c2c(n1)CCCC2Cc1ccccc1. The minimum Gasteiger partial charge on any atom is -0.383 e. The summed E-state index contributed by atoms with van der Waals surface area (Å²) >= 11 is 0. The normalized spacial score (nSPS) is 16.2. The molecule has 1 aliphatic carbocycles. The molecule has 2 N–H and O–H groups in total. The van der Waals surface area contributed by atoms with Gasteiger partial charge in [-0.1, -0.05) is 36.4 Å². The summed E-state index contributed by atoms with van der Waals surface area (Å²) in [7, 11) is -3.35. The molecule has 0 spiro atoms. The molecule has 0 saturated heterocycles. The predicted molar refractivity (Wildman–Crippen MR) is 127 cm³/mol. The Morgan fingerprint density at radius 1 is 1.09 bits per heavy atom. The van der Waals surface area contributed by atoms with E-state index >= 15 is 0 Å². The Morgan fingerprint density at radius 3 is 2.62 bits per heavy atom. The van der Waals surface area contributed by atoms with Crippen molar-refractivity contribution in [2.24, 2.45) is 0 Å². The molecule has 32 heavy (non-hydrogen) atoms. The third-order valence-corrected chi connectivity index (χ3v) is 7.49. The van der Waals surface area contributed by atoms with E-state index in [1.54, 1.807) is 12.1 Å². The molecule has 7 heteroatoms. The van der Waals surface area contributed by atoms with Crippen molar-refractivity contribution in [2.45, 2.75) is 43.4 Å². The van der Waals surface area contributed by atoms with Crippen molar-refractivity contribution in [3.63, 3.8) is 0 Å². The Morgan fingerprint density at radius 2 is 1.88 bits per heavy atom. The number of benzene rings is 2. The van der Waals surface area contributed by atoms with Gasteiger partial charge in [-0.3, -0.25) is 4.57 Å².